The van der Waals surface area contributed by atoms with E-state index < -0.39 is 5.91 Å². The van der Waals surface area contributed by atoms with Gasteiger partial charge in [-0.15, -0.1) is 0 Å². The summed E-state index contributed by atoms with van der Waals surface area (Å²) in [6, 6.07) is 5.02. The molecule has 5 N–H and O–H groups in total. The quantitative estimate of drug-likeness (QED) is 0.494. The number of rotatable bonds is 8. The van der Waals surface area contributed by atoms with Crippen LogP contribution in [0.5, 0.6) is 0 Å². The first-order valence-corrected chi connectivity index (χ1v) is 6.51. The monoisotopic (exact) mass is 265 g/mol. The molecule has 19 heavy (non-hydrogen) atoms. The van der Waals surface area contributed by atoms with Crippen LogP contribution in [0.1, 0.15) is 30.6 Å². The second-order valence-electron chi connectivity index (χ2n) is 4.92. The molecule has 0 radical (unpaired) electrons. The van der Waals surface area contributed by atoms with Crippen LogP contribution in [0.2, 0.25) is 0 Å². The van der Waals surface area contributed by atoms with E-state index in [2.05, 4.69) is 19.2 Å². The molecule has 1 aromatic rings. The van der Waals surface area contributed by atoms with Crippen molar-refractivity contribution in [2.75, 3.05) is 30.8 Å². The summed E-state index contributed by atoms with van der Waals surface area (Å²) in [7, 11) is 0. The molecule has 0 aliphatic heterocycles. The van der Waals surface area contributed by atoms with Crippen LogP contribution in [-0.4, -0.2) is 25.7 Å². The highest BCUT2D eigenvalue weighted by molar-refractivity contribution is 5.99. The van der Waals surface area contributed by atoms with Gasteiger partial charge >= 0.3 is 0 Å². The van der Waals surface area contributed by atoms with Crippen molar-refractivity contribution >= 4 is 17.3 Å². The first kappa shape index (κ1) is 15.3. The zero-order valence-electron chi connectivity index (χ0n) is 11.6. The van der Waals surface area contributed by atoms with Gasteiger partial charge in [0.2, 0.25) is 0 Å². The largest absolute Gasteiger partial charge is 0.399 e. The fourth-order valence-electron chi connectivity index (χ4n) is 1.64. The number of anilines is 2. The molecule has 1 amide bonds. The predicted molar refractivity (Wildman–Crippen MR) is 78.1 cm³/mol. The van der Waals surface area contributed by atoms with Gasteiger partial charge in [0.15, 0.2) is 0 Å². The van der Waals surface area contributed by atoms with Crippen LogP contribution in [0.25, 0.3) is 0 Å². The summed E-state index contributed by atoms with van der Waals surface area (Å²) in [5.74, 6) is 0.0851. The number of nitrogens with one attached hydrogen (secondary N) is 1. The number of hydrogen-bond acceptors (Lipinski definition) is 4. The summed E-state index contributed by atoms with van der Waals surface area (Å²) in [6.07, 6.45) is 0.861. The minimum absolute atomic E-state index is 0.456. The van der Waals surface area contributed by atoms with Gasteiger partial charge in [-0.1, -0.05) is 13.8 Å². The van der Waals surface area contributed by atoms with E-state index in [-0.39, 0.29) is 0 Å². The van der Waals surface area contributed by atoms with Crippen molar-refractivity contribution in [2.45, 2.75) is 20.3 Å². The molecular formula is C14H23N3O2. The van der Waals surface area contributed by atoms with Crippen LogP contribution in [0.4, 0.5) is 11.4 Å². The number of primary amides is 1. The van der Waals surface area contributed by atoms with E-state index in [4.69, 9.17) is 16.2 Å². The van der Waals surface area contributed by atoms with Crippen LogP contribution in [0.15, 0.2) is 18.2 Å². The van der Waals surface area contributed by atoms with E-state index in [1.807, 2.05) is 0 Å². The molecule has 0 fully saturated rings. The van der Waals surface area contributed by atoms with Gasteiger partial charge in [-0.3, -0.25) is 4.79 Å². The molecule has 1 rings (SSSR count). The maximum absolute atomic E-state index is 11.3. The number of benzene rings is 1. The molecule has 5 nitrogen and oxygen atoms in total. The molecule has 0 bridgehead atoms. The van der Waals surface area contributed by atoms with Gasteiger partial charge in [0.1, 0.15) is 0 Å². The second-order valence-corrected chi connectivity index (χ2v) is 4.92. The van der Waals surface area contributed by atoms with Crippen LogP contribution in [0.3, 0.4) is 0 Å². The Morgan fingerprint density at radius 3 is 2.79 bits per heavy atom. The first-order chi connectivity index (χ1) is 9.00. The first-order valence-electron chi connectivity index (χ1n) is 6.51. The molecule has 0 spiro atoms. The highest BCUT2D eigenvalue weighted by Crippen LogP contribution is 2.18. The molecule has 0 saturated heterocycles. The summed E-state index contributed by atoms with van der Waals surface area (Å²) < 4.78 is 5.48. The Hall–Kier alpha value is -1.75. The van der Waals surface area contributed by atoms with Crippen molar-refractivity contribution in [3.63, 3.8) is 0 Å². The highest BCUT2D eigenvalue weighted by atomic mass is 16.5. The SMILES string of the molecule is CC(C)COCCCNc1cc(N)ccc1C(N)=O. The number of ether oxygens (including phenoxy) is 1. The van der Waals surface area contributed by atoms with E-state index in [9.17, 15) is 4.79 Å². The topological polar surface area (TPSA) is 90.4 Å². The Labute approximate surface area is 114 Å². The van der Waals surface area contributed by atoms with Gasteiger partial charge in [-0.25, -0.2) is 0 Å². The third-order valence-corrected chi connectivity index (χ3v) is 2.54. The smallest absolute Gasteiger partial charge is 0.250 e. The zero-order valence-corrected chi connectivity index (χ0v) is 11.6. The highest BCUT2D eigenvalue weighted by Gasteiger charge is 2.07. The van der Waals surface area contributed by atoms with Gasteiger partial charge in [-0.05, 0) is 30.5 Å². The molecule has 0 saturated carbocycles. The second kappa shape index (κ2) is 7.63. The maximum Gasteiger partial charge on any atom is 0.250 e. The summed E-state index contributed by atoms with van der Waals surface area (Å²) in [5.41, 5.74) is 12.7. The molecule has 1 aromatic carbocycles. The fraction of sp³-hybridized carbons (Fsp3) is 0.500. The molecule has 0 aliphatic carbocycles. The van der Waals surface area contributed by atoms with Crippen LogP contribution in [-0.2, 0) is 4.74 Å². The number of carbonyl (C=O) groups excluding carboxylic acids is 1. The lowest BCUT2D eigenvalue weighted by molar-refractivity contribution is 0.100. The lowest BCUT2D eigenvalue weighted by Gasteiger charge is -2.11. The molecule has 0 atom stereocenters. The lowest BCUT2D eigenvalue weighted by Crippen LogP contribution is -2.16. The molecule has 0 aromatic heterocycles. The number of amides is 1. The van der Waals surface area contributed by atoms with Gasteiger partial charge in [0.25, 0.3) is 5.91 Å². The summed E-state index contributed by atoms with van der Waals surface area (Å²) in [4.78, 5) is 11.3. The summed E-state index contributed by atoms with van der Waals surface area (Å²) in [5, 5.41) is 3.16. The Morgan fingerprint density at radius 2 is 2.16 bits per heavy atom. The number of carbonyl (C=O) groups is 1. The lowest BCUT2D eigenvalue weighted by atomic mass is 10.1. The molecule has 0 aliphatic rings. The minimum atomic E-state index is -0.460. The minimum Gasteiger partial charge on any atom is -0.399 e. The average Bonchev–Trinajstić information content (AvgIpc) is 2.33. The molecule has 5 heteroatoms. The van der Waals surface area contributed by atoms with E-state index in [1.165, 1.54) is 0 Å². The Morgan fingerprint density at radius 1 is 1.42 bits per heavy atom. The van der Waals surface area contributed by atoms with E-state index >= 15 is 0 Å². The van der Waals surface area contributed by atoms with E-state index in [1.54, 1.807) is 18.2 Å². The van der Waals surface area contributed by atoms with Crippen LogP contribution >= 0.6 is 0 Å². The summed E-state index contributed by atoms with van der Waals surface area (Å²) >= 11 is 0. The summed E-state index contributed by atoms with van der Waals surface area (Å²) in [6.45, 7) is 6.40. The third kappa shape index (κ3) is 5.61. The van der Waals surface area contributed by atoms with Gasteiger partial charge in [0, 0.05) is 31.1 Å². The predicted octanol–water partition coefficient (Wildman–Crippen LogP) is 1.84. The van der Waals surface area contributed by atoms with E-state index in [0.717, 1.165) is 13.0 Å². The molecular weight excluding hydrogens is 242 g/mol. The van der Waals surface area contributed by atoms with Gasteiger partial charge < -0.3 is 21.5 Å². The fourth-order valence-corrected chi connectivity index (χ4v) is 1.64. The van der Waals surface area contributed by atoms with Crippen molar-refractivity contribution in [1.82, 2.24) is 0 Å². The Bertz CT molecular complexity index is 419. The van der Waals surface area contributed by atoms with E-state index in [0.29, 0.717) is 36.0 Å². The van der Waals surface area contributed by atoms with Crippen molar-refractivity contribution in [3.05, 3.63) is 23.8 Å². The normalized spacial score (nSPS) is 10.7. The number of nitrogens with two attached hydrogens (primary N) is 2. The Balaban J connectivity index is 2.40. The van der Waals surface area contributed by atoms with Crippen LogP contribution in [0, 0.1) is 5.92 Å². The van der Waals surface area contributed by atoms with Gasteiger partial charge in [0.05, 0.1) is 5.56 Å². The number of nitrogen functional groups attached to an aromatic ring is 1. The third-order valence-electron chi connectivity index (χ3n) is 2.54. The van der Waals surface area contributed by atoms with Crippen molar-refractivity contribution in [2.24, 2.45) is 11.7 Å². The number of hydrogen-bond donors (Lipinski definition) is 3. The molecule has 0 unspecified atom stereocenters. The average molecular weight is 265 g/mol. The molecule has 106 valence electrons. The molecule has 0 heterocycles. The van der Waals surface area contributed by atoms with Crippen molar-refractivity contribution in [3.8, 4) is 0 Å². The van der Waals surface area contributed by atoms with Crippen molar-refractivity contribution in [1.29, 1.82) is 0 Å². The van der Waals surface area contributed by atoms with Crippen molar-refractivity contribution < 1.29 is 9.53 Å². The van der Waals surface area contributed by atoms with Crippen LogP contribution < -0.4 is 16.8 Å². The van der Waals surface area contributed by atoms with Gasteiger partial charge in [-0.2, -0.15) is 0 Å². The maximum atomic E-state index is 11.3. The standard InChI is InChI=1S/C14H23N3O2/c1-10(2)9-19-7-3-6-17-13-8-11(15)4-5-12(13)14(16)18/h4-5,8,10,17H,3,6-7,9,15H2,1-2H3,(H2,16,18). The Kier molecular flexibility index (Phi) is 6.15. The zero-order chi connectivity index (χ0) is 14.3.